The van der Waals surface area contributed by atoms with Crippen molar-refractivity contribution in [3.8, 4) is 0 Å². The molecule has 1 aliphatic carbocycles. The molecular formula is C13H24N2O5S. The zero-order valence-electron chi connectivity index (χ0n) is 12.9. The summed E-state index contributed by atoms with van der Waals surface area (Å²) in [5.41, 5.74) is -0.860. The number of hydrogen-bond donors (Lipinski definition) is 2. The molecule has 2 N–H and O–H groups in total. The molecule has 2 atom stereocenters. The number of rotatable bonds is 6. The maximum Gasteiger partial charge on any atom is 0.310 e. The summed E-state index contributed by atoms with van der Waals surface area (Å²) in [5.74, 6) is -1.37. The minimum atomic E-state index is -3.67. The normalized spacial score (nSPS) is 22.9. The van der Waals surface area contributed by atoms with Gasteiger partial charge in [-0.25, -0.2) is 13.1 Å². The van der Waals surface area contributed by atoms with Gasteiger partial charge in [-0.05, 0) is 26.7 Å². The number of amides is 1. The third-order valence-electron chi connectivity index (χ3n) is 3.91. The second-order valence-corrected chi connectivity index (χ2v) is 7.91. The Bertz CT molecular complexity index is 501. The van der Waals surface area contributed by atoms with Crippen molar-refractivity contribution in [1.82, 2.24) is 10.0 Å². The molecule has 1 amide bonds. The molecule has 7 nitrogen and oxygen atoms in total. The Balaban J connectivity index is 2.78. The highest BCUT2D eigenvalue weighted by Gasteiger charge is 2.43. The highest BCUT2D eigenvalue weighted by molar-refractivity contribution is 7.90. The van der Waals surface area contributed by atoms with Crippen molar-refractivity contribution in [2.45, 2.75) is 38.4 Å². The SMILES string of the molecule is CNC(=O)C(C)(C)CNS(=O)(=O)C1CCCC1C(=O)OC. The quantitative estimate of drug-likeness (QED) is 0.672. The number of methoxy groups -OCH3 is 1. The van der Waals surface area contributed by atoms with E-state index in [1.165, 1.54) is 14.2 Å². The fourth-order valence-electron chi connectivity index (χ4n) is 2.53. The first-order valence-electron chi connectivity index (χ1n) is 6.94. The number of ether oxygens (including phenoxy) is 1. The van der Waals surface area contributed by atoms with E-state index in [1.54, 1.807) is 13.8 Å². The zero-order valence-corrected chi connectivity index (χ0v) is 13.7. The number of hydrogen-bond acceptors (Lipinski definition) is 5. The Kier molecular flexibility index (Phi) is 5.75. The predicted octanol–water partition coefficient (Wildman–Crippen LogP) is 0.0197. The van der Waals surface area contributed by atoms with E-state index >= 15 is 0 Å². The molecule has 0 radical (unpaired) electrons. The van der Waals surface area contributed by atoms with E-state index in [-0.39, 0.29) is 12.5 Å². The van der Waals surface area contributed by atoms with E-state index < -0.39 is 32.6 Å². The van der Waals surface area contributed by atoms with Gasteiger partial charge < -0.3 is 10.1 Å². The van der Waals surface area contributed by atoms with Crippen molar-refractivity contribution >= 4 is 21.9 Å². The van der Waals surface area contributed by atoms with E-state index in [0.29, 0.717) is 19.3 Å². The lowest BCUT2D eigenvalue weighted by Crippen LogP contribution is -2.47. The first-order valence-corrected chi connectivity index (χ1v) is 8.49. The van der Waals surface area contributed by atoms with Gasteiger partial charge in [0.2, 0.25) is 15.9 Å². The van der Waals surface area contributed by atoms with E-state index in [0.717, 1.165) is 0 Å². The molecule has 2 unspecified atom stereocenters. The Morgan fingerprint density at radius 3 is 2.43 bits per heavy atom. The summed E-state index contributed by atoms with van der Waals surface area (Å²) in [6.45, 7) is 3.29. The molecule has 1 fully saturated rings. The lowest BCUT2D eigenvalue weighted by atomic mass is 9.93. The van der Waals surface area contributed by atoms with Crippen LogP contribution in [0.2, 0.25) is 0 Å². The van der Waals surface area contributed by atoms with E-state index in [2.05, 4.69) is 14.8 Å². The van der Waals surface area contributed by atoms with Gasteiger partial charge in [0.1, 0.15) is 0 Å². The van der Waals surface area contributed by atoms with Crippen LogP contribution in [0.1, 0.15) is 33.1 Å². The van der Waals surface area contributed by atoms with Crippen LogP contribution in [0, 0.1) is 11.3 Å². The lowest BCUT2D eigenvalue weighted by molar-refractivity contribution is -0.145. The van der Waals surface area contributed by atoms with Gasteiger partial charge in [-0.1, -0.05) is 6.42 Å². The summed E-state index contributed by atoms with van der Waals surface area (Å²) in [5, 5.41) is 1.71. The van der Waals surface area contributed by atoms with E-state index in [1.807, 2.05) is 0 Å². The summed E-state index contributed by atoms with van der Waals surface area (Å²) >= 11 is 0. The molecule has 122 valence electrons. The van der Waals surface area contributed by atoms with Gasteiger partial charge in [0, 0.05) is 13.6 Å². The largest absolute Gasteiger partial charge is 0.469 e. The molecule has 21 heavy (non-hydrogen) atoms. The molecule has 1 rings (SSSR count). The van der Waals surface area contributed by atoms with Crippen molar-refractivity contribution in [2.75, 3.05) is 20.7 Å². The highest BCUT2D eigenvalue weighted by atomic mass is 32.2. The smallest absolute Gasteiger partial charge is 0.310 e. The Morgan fingerprint density at radius 1 is 1.29 bits per heavy atom. The van der Waals surface area contributed by atoms with Crippen molar-refractivity contribution in [1.29, 1.82) is 0 Å². The minimum absolute atomic E-state index is 0.0145. The Hall–Kier alpha value is -1.15. The molecule has 1 saturated carbocycles. The first-order chi connectivity index (χ1) is 9.65. The molecule has 0 bridgehead atoms. The van der Waals surface area contributed by atoms with Gasteiger partial charge in [-0.3, -0.25) is 9.59 Å². The van der Waals surface area contributed by atoms with Gasteiger partial charge in [0.15, 0.2) is 0 Å². The number of esters is 1. The lowest BCUT2D eigenvalue weighted by Gasteiger charge is -2.25. The fourth-order valence-corrected chi connectivity index (χ4v) is 4.46. The molecule has 0 saturated heterocycles. The maximum atomic E-state index is 12.4. The van der Waals surface area contributed by atoms with Crippen molar-refractivity contribution in [3.63, 3.8) is 0 Å². The second-order valence-electron chi connectivity index (χ2n) is 5.93. The molecule has 0 aromatic heterocycles. The Morgan fingerprint density at radius 2 is 1.90 bits per heavy atom. The number of carbonyl (C=O) groups excluding carboxylic acids is 2. The topological polar surface area (TPSA) is 102 Å². The molecule has 0 aliphatic heterocycles. The summed E-state index contributed by atoms with van der Waals surface area (Å²) < 4.78 is 31.9. The molecule has 1 aliphatic rings. The zero-order chi connectivity index (χ0) is 16.3. The van der Waals surface area contributed by atoms with Crippen molar-refractivity contribution in [3.05, 3.63) is 0 Å². The van der Waals surface area contributed by atoms with Crippen LogP contribution in [0.15, 0.2) is 0 Å². The highest BCUT2D eigenvalue weighted by Crippen LogP contribution is 2.32. The number of nitrogens with one attached hydrogen (secondary N) is 2. The van der Waals surface area contributed by atoms with Crippen LogP contribution in [0.3, 0.4) is 0 Å². The third-order valence-corrected chi connectivity index (χ3v) is 5.82. The monoisotopic (exact) mass is 320 g/mol. The van der Waals surface area contributed by atoms with Crippen LogP contribution < -0.4 is 10.0 Å². The van der Waals surface area contributed by atoms with Crippen LogP contribution in [0.4, 0.5) is 0 Å². The van der Waals surface area contributed by atoms with E-state index in [4.69, 9.17) is 0 Å². The molecule has 0 aromatic carbocycles. The van der Waals surface area contributed by atoms with Crippen LogP contribution in [-0.4, -0.2) is 46.2 Å². The molecule has 0 aromatic rings. The molecule has 0 spiro atoms. The minimum Gasteiger partial charge on any atom is -0.469 e. The van der Waals surface area contributed by atoms with Gasteiger partial charge in [0.05, 0.1) is 23.7 Å². The van der Waals surface area contributed by atoms with Gasteiger partial charge in [-0.2, -0.15) is 0 Å². The third kappa shape index (κ3) is 4.16. The maximum absolute atomic E-state index is 12.4. The van der Waals surface area contributed by atoms with Crippen LogP contribution in [0.25, 0.3) is 0 Å². The second kappa shape index (κ2) is 6.74. The van der Waals surface area contributed by atoms with Crippen molar-refractivity contribution < 1.29 is 22.7 Å². The fraction of sp³-hybridized carbons (Fsp3) is 0.846. The summed E-state index contributed by atoms with van der Waals surface area (Å²) in [6.07, 6.45) is 1.61. The van der Waals surface area contributed by atoms with Gasteiger partial charge in [0.25, 0.3) is 0 Å². The van der Waals surface area contributed by atoms with Crippen molar-refractivity contribution in [2.24, 2.45) is 11.3 Å². The first kappa shape index (κ1) is 17.9. The summed E-state index contributed by atoms with van der Waals surface area (Å²) in [6, 6.07) is 0. The number of carbonyl (C=O) groups is 2. The van der Waals surface area contributed by atoms with Gasteiger partial charge >= 0.3 is 5.97 Å². The molecular weight excluding hydrogens is 296 g/mol. The van der Waals surface area contributed by atoms with Crippen LogP contribution in [-0.2, 0) is 24.3 Å². The van der Waals surface area contributed by atoms with Crippen LogP contribution in [0.5, 0.6) is 0 Å². The number of sulfonamides is 1. The average Bonchev–Trinajstić information content (AvgIpc) is 2.93. The van der Waals surface area contributed by atoms with Gasteiger partial charge in [-0.15, -0.1) is 0 Å². The Labute approximate surface area is 125 Å². The van der Waals surface area contributed by atoms with Crippen LogP contribution >= 0.6 is 0 Å². The summed E-state index contributed by atoms with van der Waals surface area (Å²) in [4.78, 5) is 23.3. The molecule has 0 heterocycles. The molecule has 8 heteroatoms. The van der Waals surface area contributed by atoms with E-state index in [9.17, 15) is 18.0 Å². The average molecular weight is 320 g/mol. The summed E-state index contributed by atoms with van der Waals surface area (Å²) in [7, 11) is -0.911. The predicted molar refractivity (Wildman–Crippen MR) is 77.9 cm³/mol. The standard InChI is InChI=1S/C13H24N2O5S/c1-13(2,12(17)14-3)8-15-21(18,19)10-7-5-6-9(10)11(16)20-4/h9-10,15H,5-8H2,1-4H3,(H,14,17).